The Balaban J connectivity index is 2.04. The Bertz CT molecular complexity index is 1020. The molecule has 8 heteroatoms. The first-order valence-electron chi connectivity index (χ1n) is 8.45. The lowest BCUT2D eigenvalue weighted by Crippen LogP contribution is -2.54. The van der Waals surface area contributed by atoms with Crippen LogP contribution in [0.5, 0.6) is 11.5 Å². The van der Waals surface area contributed by atoms with Gasteiger partial charge in [0.25, 0.3) is 11.8 Å². The van der Waals surface area contributed by atoms with E-state index < -0.39 is 17.8 Å². The number of ether oxygens (including phenoxy) is 1. The van der Waals surface area contributed by atoms with Crippen molar-refractivity contribution in [3.8, 4) is 11.5 Å². The highest BCUT2D eigenvalue weighted by molar-refractivity contribution is 9.10. The number of phenolic OH excluding ortho intramolecular Hbond substituents is 1. The first-order valence-corrected chi connectivity index (χ1v) is 9.24. The molecule has 1 aliphatic rings. The molecule has 2 aromatic carbocycles. The molecule has 0 spiro atoms. The van der Waals surface area contributed by atoms with Crippen LogP contribution in [0.15, 0.2) is 46.4 Å². The molecule has 1 aliphatic heterocycles. The van der Waals surface area contributed by atoms with E-state index in [1.165, 1.54) is 12.1 Å². The van der Waals surface area contributed by atoms with Crippen LogP contribution < -0.4 is 15.0 Å². The van der Waals surface area contributed by atoms with Crippen molar-refractivity contribution in [2.45, 2.75) is 13.8 Å². The average Bonchev–Trinajstić information content (AvgIpc) is 2.63. The fraction of sp³-hybridized carbons (Fsp3) is 0.150. The number of aromatic hydroxyl groups is 1. The standard InChI is InChI=1S/C20H17BrN2O5/c1-3-28-16-10-12(9-15(21)17(16)24)8-14-18(25)22-20(27)23(19(14)26)13-6-4-5-11(2)7-13/h4-10,24H,3H2,1-2H3,(H,22,25,27)/b14-8-. The van der Waals surface area contributed by atoms with Gasteiger partial charge in [0.2, 0.25) is 0 Å². The molecule has 1 fully saturated rings. The fourth-order valence-electron chi connectivity index (χ4n) is 2.77. The number of nitrogens with zero attached hydrogens (tertiary/aromatic N) is 1. The van der Waals surface area contributed by atoms with Crippen LogP contribution in [0.2, 0.25) is 0 Å². The molecule has 2 N–H and O–H groups in total. The summed E-state index contributed by atoms with van der Waals surface area (Å²) in [4.78, 5) is 38.4. The molecule has 3 rings (SSSR count). The summed E-state index contributed by atoms with van der Waals surface area (Å²) in [7, 11) is 0. The number of nitrogens with one attached hydrogen (secondary N) is 1. The Labute approximate surface area is 169 Å². The van der Waals surface area contributed by atoms with Crippen LogP contribution in [0, 0.1) is 6.92 Å². The second kappa shape index (κ2) is 7.85. The minimum absolute atomic E-state index is 0.0833. The smallest absolute Gasteiger partial charge is 0.335 e. The van der Waals surface area contributed by atoms with Gasteiger partial charge in [-0.1, -0.05) is 12.1 Å². The lowest BCUT2D eigenvalue weighted by atomic mass is 10.1. The monoisotopic (exact) mass is 444 g/mol. The largest absolute Gasteiger partial charge is 0.503 e. The number of hydrogen-bond acceptors (Lipinski definition) is 5. The quantitative estimate of drug-likeness (QED) is 0.555. The number of anilines is 1. The maximum atomic E-state index is 12.9. The number of aryl methyl sites for hydroxylation is 1. The predicted molar refractivity (Wildman–Crippen MR) is 107 cm³/mol. The van der Waals surface area contributed by atoms with E-state index in [9.17, 15) is 19.5 Å². The van der Waals surface area contributed by atoms with Gasteiger partial charge in [-0.05, 0) is 71.2 Å². The number of hydrogen-bond donors (Lipinski definition) is 2. The fourth-order valence-corrected chi connectivity index (χ4v) is 3.23. The van der Waals surface area contributed by atoms with Crippen molar-refractivity contribution in [2.75, 3.05) is 11.5 Å². The van der Waals surface area contributed by atoms with Crippen molar-refractivity contribution < 1.29 is 24.2 Å². The zero-order valence-electron chi connectivity index (χ0n) is 15.2. The molecule has 0 bridgehead atoms. The van der Waals surface area contributed by atoms with Gasteiger partial charge in [-0.15, -0.1) is 0 Å². The van der Waals surface area contributed by atoms with E-state index in [0.717, 1.165) is 10.5 Å². The molecule has 0 saturated carbocycles. The van der Waals surface area contributed by atoms with Gasteiger partial charge in [0, 0.05) is 0 Å². The third-order valence-corrected chi connectivity index (χ3v) is 4.63. The number of carbonyl (C=O) groups excluding carboxylic acids is 3. The molecule has 144 valence electrons. The number of barbiturate groups is 1. The van der Waals surface area contributed by atoms with Gasteiger partial charge in [-0.2, -0.15) is 0 Å². The maximum absolute atomic E-state index is 12.9. The Hall–Kier alpha value is -3.13. The molecular weight excluding hydrogens is 428 g/mol. The Morgan fingerprint density at radius 3 is 2.64 bits per heavy atom. The molecule has 0 aromatic heterocycles. The molecule has 1 saturated heterocycles. The highest BCUT2D eigenvalue weighted by Gasteiger charge is 2.36. The average molecular weight is 445 g/mol. The summed E-state index contributed by atoms with van der Waals surface area (Å²) in [6, 6.07) is 9.08. The normalized spacial score (nSPS) is 15.8. The van der Waals surface area contributed by atoms with Crippen molar-refractivity contribution in [2.24, 2.45) is 0 Å². The second-order valence-electron chi connectivity index (χ2n) is 6.08. The minimum Gasteiger partial charge on any atom is -0.503 e. The van der Waals surface area contributed by atoms with Crippen LogP contribution in [0.4, 0.5) is 10.5 Å². The summed E-state index contributed by atoms with van der Waals surface area (Å²) >= 11 is 3.22. The van der Waals surface area contributed by atoms with Crippen molar-refractivity contribution in [1.29, 1.82) is 0 Å². The number of benzene rings is 2. The van der Waals surface area contributed by atoms with Crippen LogP contribution in [-0.2, 0) is 9.59 Å². The molecular formula is C20H17BrN2O5. The van der Waals surface area contributed by atoms with Crippen LogP contribution in [0.3, 0.4) is 0 Å². The van der Waals surface area contributed by atoms with Gasteiger partial charge in [-0.3, -0.25) is 14.9 Å². The van der Waals surface area contributed by atoms with Crippen molar-refractivity contribution >= 4 is 45.5 Å². The van der Waals surface area contributed by atoms with Gasteiger partial charge < -0.3 is 9.84 Å². The van der Waals surface area contributed by atoms with E-state index in [4.69, 9.17) is 4.74 Å². The van der Waals surface area contributed by atoms with Gasteiger partial charge in [0.05, 0.1) is 16.8 Å². The lowest BCUT2D eigenvalue weighted by molar-refractivity contribution is -0.122. The number of urea groups is 1. The van der Waals surface area contributed by atoms with E-state index in [1.807, 2.05) is 13.0 Å². The summed E-state index contributed by atoms with van der Waals surface area (Å²) < 4.78 is 5.71. The zero-order valence-corrected chi connectivity index (χ0v) is 16.7. The van der Waals surface area contributed by atoms with Gasteiger partial charge in [0.1, 0.15) is 5.57 Å². The number of carbonyl (C=O) groups is 3. The second-order valence-corrected chi connectivity index (χ2v) is 6.93. The van der Waals surface area contributed by atoms with Crippen molar-refractivity contribution in [3.63, 3.8) is 0 Å². The maximum Gasteiger partial charge on any atom is 0.335 e. The minimum atomic E-state index is -0.806. The molecule has 1 heterocycles. The zero-order chi connectivity index (χ0) is 20.4. The summed E-state index contributed by atoms with van der Waals surface area (Å²) in [5, 5.41) is 12.2. The number of rotatable bonds is 4. The van der Waals surface area contributed by atoms with Crippen LogP contribution in [0.25, 0.3) is 6.08 Å². The summed E-state index contributed by atoms with van der Waals surface area (Å²) in [5.74, 6) is -1.40. The number of imide groups is 2. The van der Waals surface area contributed by atoms with E-state index >= 15 is 0 Å². The molecule has 0 unspecified atom stereocenters. The summed E-state index contributed by atoms with van der Waals surface area (Å²) in [6.45, 7) is 3.93. The van der Waals surface area contributed by atoms with Crippen molar-refractivity contribution in [3.05, 3.63) is 57.6 Å². The molecule has 0 aliphatic carbocycles. The van der Waals surface area contributed by atoms with E-state index in [-0.39, 0.29) is 17.1 Å². The topological polar surface area (TPSA) is 95.9 Å². The molecule has 2 aromatic rings. The summed E-state index contributed by atoms with van der Waals surface area (Å²) in [5.41, 5.74) is 1.47. The molecule has 7 nitrogen and oxygen atoms in total. The number of phenols is 1. The SMILES string of the molecule is CCOc1cc(/C=C2/C(=O)NC(=O)N(c3cccc(C)c3)C2=O)cc(Br)c1O. The first kappa shape index (κ1) is 19.6. The van der Waals surface area contributed by atoms with Crippen LogP contribution >= 0.6 is 15.9 Å². The van der Waals surface area contributed by atoms with E-state index in [1.54, 1.807) is 31.2 Å². The number of halogens is 1. The molecule has 0 atom stereocenters. The highest BCUT2D eigenvalue weighted by atomic mass is 79.9. The van der Waals surface area contributed by atoms with Crippen LogP contribution in [-0.4, -0.2) is 29.6 Å². The third kappa shape index (κ3) is 3.77. The van der Waals surface area contributed by atoms with Crippen molar-refractivity contribution in [1.82, 2.24) is 5.32 Å². The Morgan fingerprint density at radius 2 is 1.96 bits per heavy atom. The number of amides is 4. The van der Waals surface area contributed by atoms with Gasteiger partial charge in [-0.25, -0.2) is 9.69 Å². The van der Waals surface area contributed by atoms with Crippen LogP contribution in [0.1, 0.15) is 18.1 Å². The highest BCUT2D eigenvalue weighted by Crippen LogP contribution is 2.36. The van der Waals surface area contributed by atoms with Gasteiger partial charge in [0.15, 0.2) is 11.5 Å². The summed E-state index contributed by atoms with van der Waals surface area (Å²) in [6.07, 6.45) is 1.35. The first-order chi connectivity index (χ1) is 13.3. The molecule has 0 radical (unpaired) electrons. The molecule has 28 heavy (non-hydrogen) atoms. The Kier molecular flexibility index (Phi) is 5.51. The lowest BCUT2D eigenvalue weighted by Gasteiger charge is -2.26. The van der Waals surface area contributed by atoms with E-state index in [0.29, 0.717) is 22.3 Å². The third-order valence-electron chi connectivity index (χ3n) is 4.02. The Morgan fingerprint density at radius 1 is 1.21 bits per heavy atom. The van der Waals surface area contributed by atoms with E-state index in [2.05, 4.69) is 21.2 Å². The predicted octanol–water partition coefficient (Wildman–Crippen LogP) is 3.53. The molecule has 4 amide bonds. The van der Waals surface area contributed by atoms with Gasteiger partial charge >= 0.3 is 6.03 Å².